The van der Waals surface area contributed by atoms with Gasteiger partial charge in [0.25, 0.3) is 5.91 Å². The Kier molecular flexibility index (Phi) is 5.23. The zero-order valence-corrected chi connectivity index (χ0v) is 16.5. The normalized spacial score (nSPS) is 17.1. The van der Waals surface area contributed by atoms with E-state index < -0.39 is 0 Å². The molecule has 146 valence electrons. The fraction of sp³-hybridized carbons (Fsp3) is 0.429. The van der Waals surface area contributed by atoms with Crippen LogP contribution in [-0.2, 0) is 13.1 Å². The van der Waals surface area contributed by atoms with Crippen molar-refractivity contribution >= 4 is 5.91 Å². The van der Waals surface area contributed by atoms with Crippen molar-refractivity contribution in [2.45, 2.75) is 45.7 Å². The lowest BCUT2D eigenvalue weighted by Crippen LogP contribution is -2.40. The van der Waals surface area contributed by atoms with Crippen molar-refractivity contribution in [2.24, 2.45) is 0 Å². The molecule has 0 saturated carbocycles. The van der Waals surface area contributed by atoms with Gasteiger partial charge in [0.05, 0.1) is 11.8 Å². The summed E-state index contributed by atoms with van der Waals surface area (Å²) in [5.41, 5.74) is 2.84. The van der Waals surface area contributed by atoms with Crippen LogP contribution in [0.1, 0.15) is 53.1 Å². The van der Waals surface area contributed by atoms with Gasteiger partial charge in [0.2, 0.25) is 0 Å². The van der Waals surface area contributed by atoms with Crippen LogP contribution >= 0.6 is 0 Å². The zero-order valence-electron chi connectivity index (χ0n) is 16.5. The molecule has 1 aliphatic heterocycles. The van der Waals surface area contributed by atoms with E-state index in [-0.39, 0.29) is 11.8 Å². The highest BCUT2D eigenvalue weighted by Gasteiger charge is 2.29. The van der Waals surface area contributed by atoms with Crippen molar-refractivity contribution in [1.29, 1.82) is 0 Å². The molecular formula is C21H26N6O. The summed E-state index contributed by atoms with van der Waals surface area (Å²) in [5.74, 6) is 1.38. The number of carbonyl (C=O) groups excluding carboxylic acids is 1. The Hall–Kier alpha value is -2.96. The number of hydrogen-bond donors (Lipinski definition) is 0. The summed E-state index contributed by atoms with van der Waals surface area (Å²) in [5, 5.41) is 4.33. The van der Waals surface area contributed by atoms with Gasteiger partial charge in [-0.05, 0) is 44.4 Å². The van der Waals surface area contributed by atoms with E-state index in [1.807, 2.05) is 60.3 Å². The quantitative estimate of drug-likeness (QED) is 0.685. The number of carbonyl (C=O) groups is 1. The summed E-state index contributed by atoms with van der Waals surface area (Å²) in [4.78, 5) is 23.8. The van der Waals surface area contributed by atoms with Crippen LogP contribution in [0.15, 0.2) is 43.1 Å². The summed E-state index contributed by atoms with van der Waals surface area (Å²) in [6.07, 6.45) is 11.2. The van der Waals surface area contributed by atoms with Gasteiger partial charge in [-0.1, -0.05) is 0 Å². The third kappa shape index (κ3) is 3.56. The van der Waals surface area contributed by atoms with Crippen LogP contribution in [0.25, 0.3) is 0 Å². The number of piperidine rings is 1. The van der Waals surface area contributed by atoms with Gasteiger partial charge >= 0.3 is 0 Å². The Morgan fingerprint density at radius 1 is 1.25 bits per heavy atom. The first-order chi connectivity index (χ1) is 13.7. The molecule has 3 aromatic rings. The maximum Gasteiger partial charge on any atom is 0.257 e. The predicted octanol–water partition coefficient (Wildman–Crippen LogP) is 2.87. The number of hydrogen-bond acceptors (Lipinski definition) is 4. The van der Waals surface area contributed by atoms with Crippen molar-refractivity contribution < 1.29 is 4.79 Å². The third-order valence-corrected chi connectivity index (χ3v) is 5.56. The van der Waals surface area contributed by atoms with Gasteiger partial charge in [-0.2, -0.15) is 5.10 Å². The lowest BCUT2D eigenvalue weighted by molar-refractivity contribution is 0.0702. The minimum atomic E-state index is 0.0779. The van der Waals surface area contributed by atoms with Gasteiger partial charge in [-0.3, -0.25) is 14.5 Å². The Bertz CT molecular complexity index is 945. The molecule has 0 aromatic carbocycles. The van der Waals surface area contributed by atoms with Gasteiger partial charge in [0, 0.05) is 62.6 Å². The highest BCUT2D eigenvalue weighted by Crippen LogP contribution is 2.27. The molecule has 0 radical (unpaired) electrons. The molecule has 1 amide bonds. The highest BCUT2D eigenvalue weighted by molar-refractivity contribution is 5.95. The number of rotatable bonds is 5. The molecule has 4 heterocycles. The summed E-state index contributed by atoms with van der Waals surface area (Å²) in [6, 6.07) is 4.04. The monoisotopic (exact) mass is 378 g/mol. The maximum absolute atomic E-state index is 13.1. The van der Waals surface area contributed by atoms with E-state index in [9.17, 15) is 4.79 Å². The van der Waals surface area contributed by atoms with Crippen LogP contribution < -0.4 is 0 Å². The number of imidazole rings is 1. The first-order valence-corrected chi connectivity index (χ1v) is 9.89. The van der Waals surface area contributed by atoms with Crippen molar-refractivity contribution in [1.82, 2.24) is 29.2 Å². The van der Waals surface area contributed by atoms with E-state index >= 15 is 0 Å². The average Bonchev–Trinajstić information content (AvgIpc) is 3.34. The smallest absolute Gasteiger partial charge is 0.257 e. The van der Waals surface area contributed by atoms with Crippen molar-refractivity contribution in [2.75, 3.05) is 13.1 Å². The van der Waals surface area contributed by atoms with Gasteiger partial charge in [-0.25, -0.2) is 4.98 Å². The van der Waals surface area contributed by atoms with Crippen LogP contribution in [0.5, 0.6) is 0 Å². The lowest BCUT2D eigenvalue weighted by Gasteiger charge is -2.32. The second kappa shape index (κ2) is 7.96. The van der Waals surface area contributed by atoms with Crippen LogP contribution in [-0.4, -0.2) is 48.2 Å². The second-order valence-electron chi connectivity index (χ2n) is 7.32. The largest absolute Gasteiger partial charge is 0.338 e. The maximum atomic E-state index is 13.1. The van der Waals surface area contributed by atoms with Gasteiger partial charge in [0.1, 0.15) is 5.82 Å². The molecule has 28 heavy (non-hydrogen) atoms. The van der Waals surface area contributed by atoms with E-state index in [0.29, 0.717) is 12.1 Å². The molecule has 1 fully saturated rings. The van der Waals surface area contributed by atoms with Crippen LogP contribution in [0.4, 0.5) is 0 Å². The number of aryl methyl sites for hydroxylation is 1. The number of pyridine rings is 1. The number of amides is 1. The summed E-state index contributed by atoms with van der Waals surface area (Å²) < 4.78 is 4.06. The third-order valence-electron chi connectivity index (χ3n) is 5.56. The fourth-order valence-corrected chi connectivity index (χ4v) is 4.02. The number of likely N-dealkylation sites (tertiary alicyclic amines) is 1. The molecule has 7 nitrogen and oxygen atoms in total. The molecule has 1 aliphatic rings. The van der Waals surface area contributed by atoms with Crippen molar-refractivity contribution in [3.63, 3.8) is 0 Å². The van der Waals surface area contributed by atoms with Crippen molar-refractivity contribution in [3.8, 4) is 0 Å². The first kappa shape index (κ1) is 18.4. The Labute approximate surface area is 165 Å². The first-order valence-electron chi connectivity index (χ1n) is 9.89. The van der Waals surface area contributed by atoms with Crippen LogP contribution in [0.3, 0.4) is 0 Å². The predicted molar refractivity (Wildman–Crippen MR) is 106 cm³/mol. The topological polar surface area (TPSA) is 68.8 Å². The van der Waals surface area contributed by atoms with E-state index in [2.05, 4.69) is 19.6 Å². The molecule has 0 bridgehead atoms. The molecule has 0 N–H and O–H groups in total. The minimum Gasteiger partial charge on any atom is -0.338 e. The summed E-state index contributed by atoms with van der Waals surface area (Å²) >= 11 is 0. The summed E-state index contributed by atoms with van der Waals surface area (Å²) in [6.45, 7) is 7.03. The number of nitrogens with zero attached hydrogens (tertiary/aromatic N) is 6. The van der Waals surface area contributed by atoms with Gasteiger partial charge < -0.3 is 9.47 Å². The molecule has 3 aromatic heterocycles. The molecule has 4 rings (SSSR count). The average molecular weight is 378 g/mol. The second-order valence-corrected chi connectivity index (χ2v) is 7.32. The minimum absolute atomic E-state index is 0.0779. The molecule has 0 unspecified atom stereocenters. The van der Waals surface area contributed by atoms with Crippen molar-refractivity contribution in [3.05, 3.63) is 65.8 Å². The molecule has 1 saturated heterocycles. The van der Waals surface area contributed by atoms with Crippen LogP contribution in [0.2, 0.25) is 0 Å². The van der Waals surface area contributed by atoms with Gasteiger partial charge in [0.15, 0.2) is 0 Å². The van der Waals surface area contributed by atoms with E-state index in [1.54, 1.807) is 6.20 Å². The Balaban J connectivity index is 1.51. The van der Waals surface area contributed by atoms with Crippen LogP contribution in [0, 0.1) is 6.92 Å². The molecule has 0 spiro atoms. The van der Waals surface area contributed by atoms with E-state index in [0.717, 1.165) is 44.0 Å². The molecular weight excluding hydrogens is 352 g/mol. The SMILES string of the molecule is CCn1ncc(C(=O)N2CCC[C@H](c3nccn3Cc3ccncc3)C2)c1C. The molecule has 0 aliphatic carbocycles. The molecule has 1 atom stereocenters. The Morgan fingerprint density at radius 3 is 2.82 bits per heavy atom. The van der Waals surface area contributed by atoms with E-state index in [4.69, 9.17) is 0 Å². The molecule has 7 heteroatoms. The Morgan fingerprint density at radius 2 is 2.07 bits per heavy atom. The lowest BCUT2D eigenvalue weighted by atomic mass is 9.96. The standard InChI is InChI=1S/C21H26N6O/c1-3-27-16(2)19(13-24-27)21(28)26-11-4-5-18(15-26)20-23-10-12-25(20)14-17-6-8-22-9-7-17/h6-10,12-13,18H,3-5,11,14-15H2,1-2H3/t18-/m0/s1. The number of aromatic nitrogens is 5. The zero-order chi connectivity index (χ0) is 19.5. The highest BCUT2D eigenvalue weighted by atomic mass is 16.2. The summed E-state index contributed by atoms with van der Waals surface area (Å²) in [7, 11) is 0. The fourth-order valence-electron chi connectivity index (χ4n) is 4.02. The van der Waals surface area contributed by atoms with E-state index in [1.165, 1.54) is 5.56 Å². The van der Waals surface area contributed by atoms with Gasteiger partial charge in [-0.15, -0.1) is 0 Å².